The van der Waals surface area contributed by atoms with Crippen LogP contribution in [0, 0.1) is 0 Å². The lowest BCUT2D eigenvalue weighted by molar-refractivity contribution is -0.340. The number of unbranched alkanes of at least 4 members (excludes halogenated alkanes) is 12. The Morgan fingerprint density at radius 1 is 0.674 bits per heavy atom. The molecule has 0 aromatic carbocycles. The number of aliphatic hydroxyl groups is 7. The molecule has 2 rings (SSSR count). The summed E-state index contributed by atoms with van der Waals surface area (Å²) in [5.74, 6) is -0.563. The van der Waals surface area contributed by atoms with E-state index in [1.54, 1.807) is 6.92 Å². The summed E-state index contributed by atoms with van der Waals surface area (Å²) in [6, 6.07) is 0. The van der Waals surface area contributed by atoms with E-state index in [4.69, 9.17) is 18.9 Å². The average molecular weight is 623 g/mol. The maximum atomic E-state index is 12.5. The fourth-order valence-electron chi connectivity index (χ4n) is 5.80. The van der Waals surface area contributed by atoms with Crippen LogP contribution in [0.5, 0.6) is 0 Å². The van der Waals surface area contributed by atoms with Crippen molar-refractivity contribution in [3.05, 3.63) is 0 Å². The maximum Gasteiger partial charge on any atom is 0.306 e. The Hall–Kier alpha value is -0.930. The van der Waals surface area contributed by atoms with Crippen LogP contribution in [0.1, 0.15) is 110 Å². The zero-order chi connectivity index (χ0) is 31.8. The van der Waals surface area contributed by atoms with E-state index in [2.05, 4.69) is 0 Å². The molecule has 2 aliphatic heterocycles. The van der Waals surface area contributed by atoms with Gasteiger partial charge in [-0.05, 0) is 26.7 Å². The molecular weight excluding hydrogens is 564 g/mol. The Morgan fingerprint density at radius 3 is 1.67 bits per heavy atom. The zero-order valence-electron chi connectivity index (χ0n) is 26.0. The van der Waals surface area contributed by atoms with Crippen LogP contribution in [0.3, 0.4) is 0 Å². The van der Waals surface area contributed by atoms with Crippen molar-refractivity contribution in [3.8, 4) is 0 Å². The Bertz CT molecular complexity index is 738. The van der Waals surface area contributed by atoms with Crippen LogP contribution in [0.15, 0.2) is 0 Å². The molecule has 11 atom stereocenters. The molecule has 0 saturated carbocycles. The number of ether oxygens (including phenoxy) is 4. The predicted molar refractivity (Wildman–Crippen MR) is 157 cm³/mol. The Morgan fingerprint density at radius 2 is 1.16 bits per heavy atom. The minimum absolute atomic E-state index is 0.141. The third-order valence-corrected chi connectivity index (χ3v) is 8.48. The van der Waals surface area contributed by atoms with Crippen molar-refractivity contribution >= 4 is 5.97 Å². The van der Waals surface area contributed by atoms with Gasteiger partial charge in [0.2, 0.25) is 0 Å². The second-order valence-electron chi connectivity index (χ2n) is 12.3. The van der Waals surface area contributed by atoms with Gasteiger partial charge in [-0.2, -0.15) is 0 Å². The minimum Gasteiger partial charge on any atom is -0.457 e. The van der Waals surface area contributed by atoms with Gasteiger partial charge in [0, 0.05) is 6.42 Å². The standard InChI is InChI=1S/C31H58O12/c1-20(34)16-14-12-10-8-6-4-3-5-7-9-11-13-15-17-24(35)42-30-23(19-33)41-31(28(39)27(30)38)43-29-21(2)40-22(18-32)25(36)26(29)37/h20-23,25-34,36-39H,3-19H2,1-2H3/t20?,21-,22?,23?,25+,26?,27?,28-,29+,30+,31-/m0/s1. The zero-order valence-corrected chi connectivity index (χ0v) is 26.0. The van der Waals surface area contributed by atoms with Gasteiger partial charge in [-0.25, -0.2) is 0 Å². The fourth-order valence-corrected chi connectivity index (χ4v) is 5.80. The summed E-state index contributed by atoms with van der Waals surface area (Å²) in [5, 5.41) is 70.3. The summed E-state index contributed by atoms with van der Waals surface area (Å²) in [6.45, 7) is 2.26. The van der Waals surface area contributed by atoms with Gasteiger partial charge in [-0.1, -0.05) is 77.0 Å². The highest BCUT2D eigenvalue weighted by Gasteiger charge is 2.50. The topological polar surface area (TPSA) is 196 Å². The van der Waals surface area contributed by atoms with Gasteiger partial charge in [0.05, 0.1) is 25.4 Å². The molecular formula is C31H58O12. The first-order chi connectivity index (χ1) is 20.6. The monoisotopic (exact) mass is 622 g/mol. The third kappa shape index (κ3) is 13.1. The van der Waals surface area contributed by atoms with Crippen molar-refractivity contribution in [1.82, 2.24) is 0 Å². The number of rotatable bonds is 21. The first-order valence-corrected chi connectivity index (χ1v) is 16.4. The number of carbonyl (C=O) groups excluding carboxylic acids is 1. The van der Waals surface area contributed by atoms with Crippen molar-refractivity contribution in [3.63, 3.8) is 0 Å². The van der Waals surface area contributed by atoms with E-state index in [0.29, 0.717) is 6.42 Å². The molecule has 0 radical (unpaired) electrons. The molecule has 0 bridgehead atoms. The summed E-state index contributed by atoms with van der Waals surface area (Å²) in [5.41, 5.74) is 0. The SMILES string of the molecule is CC(O)CCCCCCCCCCCCCCCC(=O)O[C@@H]1C(CO)O[C@@H](O[C@H]2C(O)[C@H](O)C(CO)O[C@H]2C)[C@@H](O)C1O. The van der Waals surface area contributed by atoms with Crippen LogP contribution in [-0.2, 0) is 23.7 Å². The Labute approximate surface area is 256 Å². The molecule has 0 aliphatic carbocycles. The largest absolute Gasteiger partial charge is 0.457 e. The average Bonchev–Trinajstić information content (AvgIpc) is 2.98. The Kier molecular flexibility index (Phi) is 18.7. The van der Waals surface area contributed by atoms with Gasteiger partial charge >= 0.3 is 5.97 Å². The lowest BCUT2D eigenvalue weighted by atomic mass is 9.95. The number of esters is 1. The fraction of sp³-hybridized carbons (Fsp3) is 0.968. The van der Waals surface area contributed by atoms with Crippen LogP contribution in [0.4, 0.5) is 0 Å². The molecule has 0 spiro atoms. The lowest BCUT2D eigenvalue weighted by Gasteiger charge is -2.46. The molecule has 12 nitrogen and oxygen atoms in total. The van der Waals surface area contributed by atoms with E-state index in [1.807, 2.05) is 6.92 Å². The van der Waals surface area contributed by atoms with Crippen molar-refractivity contribution in [1.29, 1.82) is 0 Å². The molecule has 2 aliphatic rings. The number of carbonyl (C=O) groups is 1. The summed E-state index contributed by atoms with van der Waals surface area (Å²) in [7, 11) is 0. The van der Waals surface area contributed by atoms with E-state index in [0.717, 1.165) is 32.1 Å². The van der Waals surface area contributed by atoms with E-state index in [9.17, 15) is 40.5 Å². The van der Waals surface area contributed by atoms with Crippen molar-refractivity contribution in [2.24, 2.45) is 0 Å². The molecule has 0 aromatic rings. The van der Waals surface area contributed by atoms with E-state index >= 15 is 0 Å². The quantitative estimate of drug-likeness (QED) is 0.0720. The molecule has 2 fully saturated rings. The van der Waals surface area contributed by atoms with Gasteiger partial charge in [-0.15, -0.1) is 0 Å². The summed E-state index contributed by atoms with van der Waals surface area (Å²) in [6.07, 6.45) is 2.31. The van der Waals surface area contributed by atoms with Crippen molar-refractivity contribution in [2.75, 3.05) is 13.2 Å². The number of hydrogen-bond donors (Lipinski definition) is 7. The van der Waals surface area contributed by atoms with Gasteiger partial charge in [0.15, 0.2) is 12.4 Å². The number of hydrogen-bond acceptors (Lipinski definition) is 12. The Balaban J connectivity index is 1.60. The molecule has 2 heterocycles. The third-order valence-electron chi connectivity index (χ3n) is 8.48. The summed E-state index contributed by atoms with van der Waals surface area (Å²) in [4.78, 5) is 12.5. The minimum atomic E-state index is -1.67. The smallest absolute Gasteiger partial charge is 0.306 e. The molecule has 43 heavy (non-hydrogen) atoms. The highest BCUT2D eigenvalue weighted by molar-refractivity contribution is 5.69. The first kappa shape index (κ1) is 38.3. The van der Waals surface area contributed by atoms with Crippen LogP contribution >= 0.6 is 0 Å². The van der Waals surface area contributed by atoms with E-state index in [1.165, 1.54) is 51.4 Å². The molecule has 0 aromatic heterocycles. The second-order valence-corrected chi connectivity index (χ2v) is 12.3. The van der Waals surface area contributed by atoms with Crippen LogP contribution < -0.4 is 0 Å². The second kappa shape index (κ2) is 21.0. The highest BCUT2D eigenvalue weighted by atomic mass is 16.7. The molecule has 0 amide bonds. The molecule has 254 valence electrons. The van der Waals surface area contributed by atoms with Crippen LogP contribution in [-0.4, -0.2) is 122 Å². The van der Waals surface area contributed by atoms with Crippen molar-refractivity contribution < 1.29 is 59.5 Å². The van der Waals surface area contributed by atoms with E-state index in [-0.39, 0.29) is 12.5 Å². The van der Waals surface area contributed by atoms with Crippen LogP contribution in [0.2, 0.25) is 0 Å². The number of aliphatic hydroxyl groups excluding tert-OH is 7. The maximum absolute atomic E-state index is 12.5. The molecule has 12 heteroatoms. The molecule has 2 saturated heterocycles. The van der Waals surface area contributed by atoms with Crippen molar-refractivity contribution in [2.45, 2.75) is 177 Å². The summed E-state index contributed by atoms with van der Waals surface area (Å²) >= 11 is 0. The first-order valence-electron chi connectivity index (χ1n) is 16.4. The normalized spacial score (nSPS) is 33.8. The summed E-state index contributed by atoms with van der Waals surface area (Å²) < 4.78 is 22.1. The van der Waals surface area contributed by atoms with Gasteiger partial charge < -0.3 is 54.7 Å². The van der Waals surface area contributed by atoms with E-state index < -0.39 is 80.4 Å². The van der Waals surface area contributed by atoms with Gasteiger partial charge in [0.25, 0.3) is 0 Å². The molecule has 7 N–H and O–H groups in total. The lowest BCUT2D eigenvalue weighted by Crippen LogP contribution is -2.64. The van der Waals surface area contributed by atoms with Gasteiger partial charge in [0.1, 0.15) is 42.7 Å². The molecule has 5 unspecified atom stereocenters. The predicted octanol–water partition coefficient (Wildman–Crippen LogP) is 1.46. The highest BCUT2D eigenvalue weighted by Crippen LogP contribution is 2.30. The van der Waals surface area contributed by atoms with Crippen LogP contribution in [0.25, 0.3) is 0 Å². The van der Waals surface area contributed by atoms with Gasteiger partial charge in [-0.3, -0.25) is 4.79 Å².